The van der Waals surface area contributed by atoms with Gasteiger partial charge in [0, 0.05) is 40.8 Å². The Morgan fingerprint density at radius 1 is 0.750 bits per heavy atom. The first kappa shape index (κ1) is 19.8. The average Bonchev–Trinajstić information content (AvgIpc) is 2.33. The molecular weight excluding hydrogens is 512 g/mol. The molecule has 0 bridgehead atoms. The highest BCUT2D eigenvalue weighted by Gasteiger charge is 2.14. The summed E-state index contributed by atoms with van der Waals surface area (Å²) in [6.07, 6.45) is 0. The summed E-state index contributed by atoms with van der Waals surface area (Å²) in [6, 6.07) is 6.37. The van der Waals surface area contributed by atoms with Crippen molar-refractivity contribution >= 4 is 63.7 Å². The minimum absolute atomic E-state index is 0.215. The fraction of sp³-hybridized carbons (Fsp3) is 0.250. The fourth-order valence-corrected chi connectivity index (χ4v) is 2.59. The molecule has 104 valence electrons. The van der Waals surface area contributed by atoms with E-state index in [1.54, 1.807) is 0 Å². The Morgan fingerprint density at radius 3 is 1.45 bits per heavy atom. The van der Waals surface area contributed by atoms with Crippen LogP contribution in [0.25, 0.3) is 0 Å². The van der Waals surface area contributed by atoms with E-state index in [4.69, 9.17) is 0 Å². The van der Waals surface area contributed by atoms with Crippen LogP contribution in [0.15, 0.2) is 27.1 Å². The lowest BCUT2D eigenvalue weighted by atomic mass is 9.87. The molecule has 0 radical (unpaired) electrons. The second-order valence-electron chi connectivity index (χ2n) is 4.60. The first-order valence-electron chi connectivity index (χ1n) is 5.49. The van der Waals surface area contributed by atoms with E-state index in [-0.39, 0.29) is 5.41 Å². The normalized spacial score (nSPS) is 8.55. The van der Waals surface area contributed by atoms with Gasteiger partial charge in [0.05, 0.1) is 0 Å². The van der Waals surface area contributed by atoms with Crippen LogP contribution in [0.2, 0.25) is 0 Å². The molecule has 0 unspecified atom stereocenters. The molecule has 0 amide bonds. The quantitative estimate of drug-likeness (QED) is 0.355. The molecule has 0 heterocycles. The molecule has 1 aromatic carbocycles. The molecule has 0 aliphatic heterocycles. The summed E-state index contributed by atoms with van der Waals surface area (Å²) in [4.78, 5) is 4.86. The van der Waals surface area contributed by atoms with Crippen molar-refractivity contribution in [3.05, 3.63) is 32.7 Å². The van der Waals surface area contributed by atoms with Gasteiger partial charge >= 0.3 is 0 Å². The van der Waals surface area contributed by atoms with E-state index in [1.165, 1.54) is 5.56 Å². The third-order valence-corrected chi connectivity index (χ3v) is 3.32. The lowest BCUT2D eigenvalue weighted by Crippen LogP contribution is -2.10. The molecule has 0 aliphatic carbocycles. The maximum atomic E-state index is 3.48. The Labute approximate surface area is 155 Å². The molecule has 4 heteroatoms. The summed E-state index contributed by atoms with van der Waals surface area (Å²) in [5, 5.41) is 0. The van der Waals surface area contributed by atoms with Crippen molar-refractivity contribution in [2.75, 3.05) is 0 Å². The molecule has 0 aromatic heterocycles. The highest BCUT2D eigenvalue weighted by Crippen LogP contribution is 2.28. The minimum Gasteiger partial charge on any atom is -0.0561 e. The molecule has 0 atom stereocenters. The lowest BCUT2D eigenvalue weighted by Gasteiger charge is -2.19. The average molecular weight is 524 g/mol. The van der Waals surface area contributed by atoms with Crippen molar-refractivity contribution in [2.24, 2.45) is 0 Å². The molecule has 0 saturated heterocycles. The van der Waals surface area contributed by atoms with E-state index in [9.17, 15) is 0 Å². The van der Waals surface area contributed by atoms with Crippen molar-refractivity contribution in [1.82, 2.24) is 0 Å². The molecular formula is C16H12Br4. The van der Waals surface area contributed by atoms with Crippen molar-refractivity contribution in [3.8, 4) is 33.3 Å². The van der Waals surface area contributed by atoms with Crippen LogP contribution in [0.3, 0.4) is 0 Å². The summed E-state index contributed by atoms with van der Waals surface area (Å²) < 4.78 is 2.25. The van der Waals surface area contributed by atoms with Gasteiger partial charge < -0.3 is 0 Å². The predicted octanol–water partition coefficient (Wildman–Crippen LogP) is 6.21. The van der Waals surface area contributed by atoms with Gasteiger partial charge in [-0.3, -0.25) is 0 Å². The van der Waals surface area contributed by atoms with Crippen molar-refractivity contribution in [2.45, 2.75) is 26.2 Å². The van der Waals surface area contributed by atoms with Crippen LogP contribution in [0.4, 0.5) is 0 Å². The molecule has 0 N–H and O–H groups in total. The number of hydrogen-bond donors (Lipinski definition) is 0. The maximum Gasteiger partial charge on any atom is 0.0189 e. The molecule has 0 aliphatic rings. The third-order valence-electron chi connectivity index (χ3n) is 2.01. The molecule has 0 nitrogen and oxygen atoms in total. The van der Waals surface area contributed by atoms with E-state index < -0.39 is 0 Å². The van der Waals surface area contributed by atoms with Crippen LogP contribution in [0.5, 0.6) is 0 Å². The van der Waals surface area contributed by atoms with Crippen molar-refractivity contribution in [3.63, 3.8) is 0 Å². The molecule has 1 rings (SSSR count). The van der Waals surface area contributed by atoms with Crippen LogP contribution in [-0.2, 0) is 5.41 Å². The van der Waals surface area contributed by atoms with Crippen LogP contribution in [0, 0.1) is 33.3 Å². The van der Waals surface area contributed by atoms with Crippen LogP contribution in [-0.4, -0.2) is 0 Å². The van der Waals surface area contributed by atoms with Gasteiger partial charge in [-0.2, -0.15) is 0 Å². The SMILES string of the molecule is BrC#CC#CC#CBr.CC(C)(C)c1cc(Br)cc(Br)c1. The van der Waals surface area contributed by atoms with E-state index in [1.807, 2.05) is 0 Å². The Morgan fingerprint density at radius 2 is 1.15 bits per heavy atom. The predicted molar refractivity (Wildman–Crippen MR) is 102 cm³/mol. The van der Waals surface area contributed by atoms with E-state index in [0.29, 0.717) is 0 Å². The van der Waals surface area contributed by atoms with Crippen molar-refractivity contribution < 1.29 is 0 Å². The standard InChI is InChI=1S/C10H12Br2.C6Br2/c1-10(2,3)7-4-8(11)6-9(12)5-7;7-5-3-1-2-4-6-8/h4-6H,1-3H3;. The Balaban J connectivity index is 0.000000396. The summed E-state index contributed by atoms with van der Waals surface area (Å²) >= 11 is 12.7. The maximum absolute atomic E-state index is 3.48. The number of rotatable bonds is 0. The first-order chi connectivity index (χ1) is 9.31. The minimum atomic E-state index is 0.215. The molecule has 20 heavy (non-hydrogen) atoms. The third kappa shape index (κ3) is 9.68. The summed E-state index contributed by atoms with van der Waals surface area (Å²) in [6.45, 7) is 6.63. The van der Waals surface area contributed by atoms with Crippen molar-refractivity contribution in [1.29, 1.82) is 0 Å². The zero-order valence-electron chi connectivity index (χ0n) is 11.2. The molecule has 0 fully saturated rings. The largest absolute Gasteiger partial charge is 0.0561 e. The van der Waals surface area contributed by atoms with E-state index >= 15 is 0 Å². The van der Waals surface area contributed by atoms with E-state index in [2.05, 4.69) is 136 Å². The van der Waals surface area contributed by atoms with Gasteiger partial charge in [-0.1, -0.05) is 52.6 Å². The van der Waals surface area contributed by atoms with Gasteiger partial charge in [0.1, 0.15) is 0 Å². The van der Waals surface area contributed by atoms with Crippen LogP contribution < -0.4 is 0 Å². The topological polar surface area (TPSA) is 0 Å². The van der Waals surface area contributed by atoms with Crippen LogP contribution >= 0.6 is 63.7 Å². The second-order valence-corrected chi connectivity index (χ2v) is 7.22. The Kier molecular flexibility index (Phi) is 10.4. The smallest absolute Gasteiger partial charge is 0.0189 e. The zero-order chi connectivity index (χ0) is 15.6. The number of halogens is 4. The highest BCUT2D eigenvalue weighted by molar-refractivity contribution is 9.12. The lowest BCUT2D eigenvalue weighted by molar-refractivity contribution is 0.589. The summed E-state index contributed by atoms with van der Waals surface area (Å²) in [5.41, 5.74) is 1.55. The second kappa shape index (κ2) is 10.5. The van der Waals surface area contributed by atoms with Gasteiger partial charge in [0.2, 0.25) is 0 Å². The Hall–Kier alpha value is -0.180. The summed E-state index contributed by atoms with van der Waals surface area (Å²) in [7, 11) is 0. The zero-order valence-corrected chi connectivity index (χ0v) is 17.6. The Bertz CT molecular complexity index is 576. The highest BCUT2D eigenvalue weighted by atomic mass is 79.9. The van der Waals surface area contributed by atoms with Gasteiger partial charge in [-0.05, 0) is 62.5 Å². The number of hydrogen-bond acceptors (Lipinski definition) is 0. The molecule has 0 saturated carbocycles. The monoisotopic (exact) mass is 520 g/mol. The van der Waals surface area contributed by atoms with Crippen LogP contribution in [0.1, 0.15) is 26.3 Å². The van der Waals surface area contributed by atoms with Gasteiger partial charge in [-0.25, -0.2) is 0 Å². The van der Waals surface area contributed by atoms with E-state index in [0.717, 1.165) is 8.95 Å². The summed E-state index contributed by atoms with van der Waals surface area (Å²) in [5.74, 6) is 9.88. The van der Waals surface area contributed by atoms with Gasteiger partial charge in [0.15, 0.2) is 0 Å². The molecule has 0 spiro atoms. The fourth-order valence-electron chi connectivity index (χ4n) is 1.10. The molecule has 1 aromatic rings. The first-order valence-corrected chi connectivity index (χ1v) is 8.66. The van der Waals surface area contributed by atoms with Gasteiger partial charge in [0.25, 0.3) is 0 Å². The van der Waals surface area contributed by atoms with Gasteiger partial charge in [-0.15, -0.1) is 0 Å². The number of benzene rings is 1.